The van der Waals surface area contributed by atoms with E-state index >= 15 is 0 Å². The summed E-state index contributed by atoms with van der Waals surface area (Å²) >= 11 is 0. The average Bonchev–Trinajstić information content (AvgIpc) is 2.42. The highest BCUT2D eigenvalue weighted by Gasteiger charge is 2.42. The van der Waals surface area contributed by atoms with E-state index in [1.54, 1.807) is 0 Å². The van der Waals surface area contributed by atoms with Crippen molar-refractivity contribution in [2.45, 2.75) is 49.3 Å². The maximum atomic E-state index is 11.3. The Labute approximate surface area is 111 Å². The van der Waals surface area contributed by atoms with Crippen molar-refractivity contribution in [1.29, 1.82) is 0 Å². The van der Waals surface area contributed by atoms with E-state index in [2.05, 4.69) is 5.32 Å². The lowest BCUT2D eigenvalue weighted by atomic mass is 9.90. The minimum Gasteiger partial charge on any atom is -0.394 e. The Balaban J connectivity index is 2.55. The zero-order valence-electron chi connectivity index (χ0n) is 10.9. The van der Waals surface area contributed by atoms with E-state index in [4.69, 9.17) is 21.3 Å². The fourth-order valence-corrected chi connectivity index (χ4v) is 2.14. The third kappa shape index (κ3) is 3.85. The molecule has 0 bridgehead atoms. The van der Waals surface area contributed by atoms with Gasteiger partial charge in [0.05, 0.1) is 24.8 Å². The second-order valence-electron chi connectivity index (χ2n) is 4.75. The van der Waals surface area contributed by atoms with Crippen molar-refractivity contribution >= 4 is 5.91 Å². The highest BCUT2D eigenvalue weighted by molar-refractivity contribution is 5.81. The molecule has 1 aliphatic rings. The van der Waals surface area contributed by atoms with Crippen LogP contribution in [-0.4, -0.2) is 71.4 Å². The van der Waals surface area contributed by atoms with Crippen molar-refractivity contribution in [2.75, 3.05) is 13.7 Å². The molecule has 0 saturated carbocycles. The molecule has 0 aliphatic carbocycles. The molecule has 0 spiro atoms. The molecule has 1 fully saturated rings. The van der Waals surface area contributed by atoms with Crippen LogP contribution in [0.3, 0.4) is 0 Å². The molecule has 19 heavy (non-hydrogen) atoms. The third-order valence-corrected chi connectivity index (χ3v) is 3.43. The number of aliphatic hydroxyl groups is 3. The number of ether oxygens (including phenoxy) is 1. The molecular weight excluding hydrogens is 254 g/mol. The normalized spacial score (nSPS) is 36.8. The van der Waals surface area contributed by atoms with E-state index in [1.165, 1.54) is 7.05 Å². The van der Waals surface area contributed by atoms with Gasteiger partial charge in [-0.05, 0) is 12.8 Å². The number of carbonyl (C=O) groups excluding carboxylic acids is 1. The maximum Gasteiger partial charge on any atom is 0.236 e. The number of likely N-dealkylation sites (N-methyl/N-ethyl adjacent to an activating group) is 1. The molecule has 0 aromatic rings. The van der Waals surface area contributed by atoms with Gasteiger partial charge in [0.1, 0.15) is 18.3 Å². The van der Waals surface area contributed by atoms with Crippen LogP contribution in [0.5, 0.6) is 0 Å². The van der Waals surface area contributed by atoms with Crippen LogP contribution in [0.1, 0.15) is 12.8 Å². The summed E-state index contributed by atoms with van der Waals surface area (Å²) < 4.78 is 5.42. The van der Waals surface area contributed by atoms with Crippen molar-refractivity contribution in [2.24, 2.45) is 11.5 Å². The number of nitrogens with two attached hydrogens (primary N) is 2. The molecule has 6 atom stereocenters. The quantitative estimate of drug-likeness (QED) is 0.307. The van der Waals surface area contributed by atoms with Crippen LogP contribution in [0.15, 0.2) is 0 Å². The first kappa shape index (κ1) is 16.3. The molecule has 1 aliphatic heterocycles. The number of nitrogens with one attached hydrogen (secondary N) is 1. The molecule has 8 nitrogen and oxygen atoms in total. The highest BCUT2D eigenvalue weighted by atomic mass is 16.5. The number of rotatable bonds is 5. The van der Waals surface area contributed by atoms with Gasteiger partial charge in [-0.2, -0.15) is 0 Å². The first-order chi connectivity index (χ1) is 8.92. The molecule has 0 radical (unpaired) electrons. The standard InChI is InChI=1S/C11H23N3O5/c1-14-11(18)5(12)2-3-6-8(13)10(17)9(16)7(4-15)19-6/h5-10,15-17H,2-4,12-13H2,1H3,(H,14,18)/t5?,6-,7?,8?,9?,10?/m1/s1. The van der Waals surface area contributed by atoms with E-state index in [0.29, 0.717) is 12.8 Å². The van der Waals surface area contributed by atoms with E-state index in [-0.39, 0.29) is 5.91 Å². The molecular formula is C11H23N3O5. The minimum absolute atomic E-state index is 0.288. The van der Waals surface area contributed by atoms with Gasteiger partial charge < -0.3 is 36.8 Å². The summed E-state index contributed by atoms with van der Waals surface area (Å²) in [5.74, 6) is -0.288. The van der Waals surface area contributed by atoms with Crippen molar-refractivity contribution in [3.63, 3.8) is 0 Å². The van der Waals surface area contributed by atoms with Gasteiger partial charge in [-0.1, -0.05) is 0 Å². The van der Waals surface area contributed by atoms with Gasteiger partial charge in [-0.3, -0.25) is 4.79 Å². The first-order valence-corrected chi connectivity index (χ1v) is 6.27. The highest BCUT2D eigenvalue weighted by Crippen LogP contribution is 2.23. The largest absolute Gasteiger partial charge is 0.394 e. The molecule has 0 aromatic carbocycles. The van der Waals surface area contributed by atoms with Gasteiger partial charge in [0.15, 0.2) is 0 Å². The molecule has 8 N–H and O–H groups in total. The molecule has 1 heterocycles. The molecule has 112 valence electrons. The summed E-state index contributed by atoms with van der Waals surface area (Å²) in [6.45, 7) is -0.414. The summed E-state index contributed by atoms with van der Waals surface area (Å²) in [6, 6.07) is -1.47. The lowest BCUT2D eigenvalue weighted by Crippen LogP contribution is -2.62. The topological polar surface area (TPSA) is 151 Å². The van der Waals surface area contributed by atoms with Crippen molar-refractivity contribution < 1.29 is 24.9 Å². The lowest BCUT2D eigenvalue weighted by Gasteiger charge is -2.41. The van der Waals surface area contributed by atoms with Crippen LogP contribution in [0.4, 0.5) is 0 Å². The van der Waals surface area contributed by atoms with E-state index in [1.807, 2.05) is 0 Å². The number of amides is 1. The zero-order valence-corrected chi connectivity index (χ0v) is 10.9. The summed E-state index contributed by atoms with van der Waals surface area (Å²) in [7, 11) is 1.49. The molecule has 1 amide bonds. The summed E-state index contributed by atoms with van der Waals surface area (Å²) in [6.07, 6.45) is -3.15. The Morgan fingerprint density at radius 2 is 2.00 bits per heavy atom. The average molecular weight is 277 g/mol. The maximum absolute atomic E-state index is 11.3. The predicted octanol–water partition coefficient (Wildman–Crippen LogP) is -3.35. The molecule has 5 unspecified atom stereocenters. The first-order valence-electron chi connectivity index (χ1n) is 6.27. The Morgan fingerprint density at radius 1 is 1.37 bits per heavy atom. The predicted molar refractivity (Wildman–Crippen MR) is 67.0 cm³/mol. The number of carbonyl (C=O) groups is 1. The third-order valence-electron chi connectivity index (χ3n) is 3.43. The van der Waals surface area contributed by atoms with Crippen molar-refractivity contribution in [3.8, 4) is 0 Å². The lowest BCUT2D eigenvalue weighted by molar-refractivity contribution is -0.190. The van der Waals surface area contributed by atoms with Gasteiger partial charge in [0.25, 0.3) is 0 Å². The smallest absolute Gasteiger partial charge is 0.236 e. The van der Waals surface area contributed by atoms with Crippen LogP contribution in [0.2, 0.25) is 0 Å². The van der Waals surface area contributed by atoms with Gasteiger partial charge >= 0.3 is 0 Å². The molecule has 1 saturated heterocycles. The zero-order chi connectivity index (χ0) is 14.6. The van der Waals surface area contributed by atoms with Gasteiger partial charge in [-0.15, -0.1) is 0 Å². The van der Waals surface area contributed by atoms with Crippen molar-refractivity contribution in [1.82, 2.24) is 5.32 Å². The summed E-state index contributed by atoms with van der Waals surface area (Å²) in [5, 5.41) is 30.9. The molecule has 1 rings (SSSR count). The van der Waals surface area contributed by atoms with Crippen LogP contribution in [-0.2, 0) is 9.53 Å². The van der Waals surface area contributed by atoms with E-state index in [9.17, 15) is 15.0 Å². The minimum atomic E-state index is -1.22. The Bertz CT molecular complexity index is 302. The van der Waals surface area contributed by atoms with Crippen LogP contribution in [0.25, 0.3) is 0 Å². The molecule has 8 heteroatoms. The van der Waals surface area contributed by atoms with Gasteiger partial charge in [-0.25, -0.2) is 0 Å². The number of hydrogen-bond donors (Lipinski definition) is 6. The summed E-state index contributed by atoms with van der Waals surface area (Å²) in [5.41, 5.74) is 11.4. The van der Waals surface area contributed by atoms with Crippen LogP contribution >= 0.6 is 0 Å². The fraction of sp³-hybridized carbons (Fsp3) is 0.909. The fourth-order valence-electron chi connectivity index (χ4n) is 2.14. The van der Waals surface area contributed by atoms with Crippen LogP contribution < -0.4 is 16.8 Å². The van der Waals surface area contributed by atoms with E-state index < -0.39 is 43.1 Å². The summed E-state index contributed by atoms with van der Waals surface area (Å²) in [4.78, 5) is 11.3. The Morgan fingerprint density at radius 3 is 2.53 bits per heavy atom. The Kier molecular flexibility index (Phi) is 6.11. The van der Waals surface area contributed by atoms with Gasteiger partial charge in [0.2, 0.25) is 5.91 Å². The van der Waals surface area contributed by atoms with Gasteiger partial charge in [0, 0.05) is 7.05 Å². The van der Waals surface area contributed by atoms with E-state index in [0.717, 1.165) is 0 Å². The Hall–Kier alpha value is -0.770. The van der Waals surface area contributed by atoms with Crippen molar-refractivity contribution in [3.05, 3.63) is 0 Å². The van der Waals surface area contributed by atoms with Crippen LogP contribution in [0, 0.1) is 0 Å². The monoisotopic (exact) mass is 277 g/mol. The molecule has 0 aromatic heterocycles. The number of aliphatic hydroxyl groups excluding tert-OH is 3. The number of hydrogen-bond acceptors (Lipinski definition) is 7. The SMILES string of the molecule is CNC(=O)C(N)CC[C@H]1OC(CO)C(O)C(O)C1N. The second-order valence-corrected chi connectivity index (χ2v) is 4.75. The second kappa shape index (κ2) is 7.13.